The Labute approximate surface area is 176 Å². The average Bonchev–Trinajstić information content (AvgIpc) is 3.39. The van der Waals surface area contributed by atoms with Gasteiger partial charge >= 0.3 is 5.97 Å². The van der Waals surface area contributed by atoms with Gasteiger partial charge in [0.05, 0.1) is 11.1 Å². The van der Waals surface area contributed by atoms with Crippen LogP contribution in [0.3, 0.4) is 0 Å². The molecule has 1 heterocycles. The number of aromatic nitrogens is 1. The van der Waals surface area contributed by atoms with Crippen LogP contribution in [-0.4, -0.2) is 40.8 Å². The number of carbonyl (C=O) groups is 1. The highest BCUT2D eigenvalue weighted by Gasteiger charge is 2.50. The van der Waals surface area contributed by atoms with Gasteiger partial charge < -0.3 is 14.5 Å². The molecular weight excluding hydrogens is 364 g/mol. The molecule has 0 radical (unpaired) electrons. The fraction of sp³-hybridized carbons (Fsp3) is 0.667. The zero-order valence-corrected chi connectivity index (χ0v) is 19.4. The molecule has 1 aromatic carbocycles. The fourth-order valence-electron chi connectivity index (χ4n) is 3.31. The van der Waals surface area contributed by atoms with Crippen molar-refractivity contribution in [1.82, 2.24) is 10.1 Å². The molecule has 5 nitrogen and oxygen atoms in total. The number of fused-ring (bicyclic) bond motifs is 1. The van der Waals surface area contributed by atoms with Crippen molar-refractivity contribution >= 4 is 16.9 Å². The van der Waals surface area contributed by atoms with Gasteiger partial charge in [-0.2, -0.15) is 0 Å². The maximum Gasteiger partial charge on any atom is 0.310 e. The number of rotatable bonds is 8. The highest BCUT2D eigenvalue weighted by Crippen LogP contribution is 2.46. The van der Waals surface area contributed by atoms with Gasteiger partial charge in [0.2, 0.25) is 0 Å². The average molecular weight is 405 g/mol. The van der Waals surface area contributed by atoms with Gasteiger partial charge in [0.1, 0.15) is 0 Å². The van der Waals surface area contributed by atoms with Crippen molar-refractivity contribution in [1.29, 1.82) is 0 Å². The van der Waals surface area contributed by atoms with Gasteiger partial charge in [-0.05, 0) is 51.4 Å². The lowest BCUT2D eigenvalue weighted by Crippen LogP contribution is -2.35. The van der Waals surface area contributed by atoms with Gasteiger partial charge in [0.15, 0.2) is 5.58 Å². The minimum absolute atomic E-state index is 0.280. The zero-order chi connectivity index (χ0) is 22.0. The summed E-state index contributed by atoms with van der Waals surface area (Å²) in [6.07, 6.45) is 3.81. The molecule has 1 aliphatic carbocycles. The lowest BCUT2D eigenvalue weighted by molar-refractivity contribution is -0.144. The van der Waals surface area contributed by atoms with Gasteiger partial charge in [-0.1, -0.05) is 64.7 Å². The third-order valence-electron chi connectivity index (χ3n) is 5.28. The van der Waals surface area contributed by atoms with E-state index in [2.05, 4.69) is 50.7 Å². The summed E-state index contributed by atoms with van der Waals surface area (Å²) in [5.41, 5.74) is 2.55. The zero-order valence-electron chi connectivity index (χ0n) is 19.4. The van der Waals surface area contributed by atoms with Crippen molar-refractivity contribution < 1.29 is 14.4 Å². The first-order valence-corrected chi connectivity index (χ1v) is 11.2. The van der Waals surface area contributed by atoms with Crippen LogP contribution in [0.2, 0.25) is 0 Å². The number of aryl methyl sites for hydroxylation is 1. The van der Waals surface area contributed by atoms with Gasteiger partial charge in [0.25, 0.3) is 0 Å². The molecule has 29 heavy (non-hydrogen) atoms. The van der Waals surface area contributed by atoms with Crippen LogP contribution < -0.4 is 0 Å². The molecule has 1 fully saturated rings. The number of aliphatic carboxylic acids is 1. The van der Waals surface area contributed by atoms with E-state index in [4.69, 9.17) is 4.52 Å². The SMILES string of the molecule is CC.CCC.CCN(CCC(C)c1noc2ccc(C)cc12)CC1(C(=O)O)CC1. The summed E-state index contributed by atoms with van der Waals surface area (Å²) in [5.74, 6) is -0.367. The molecular formula is C24H40N2O3. The second-order valence-electron chi connectivity index (χ2n) is 7.92. The molecule has 2 aromatic rings. The van der Waals surface area contributed by atoms with Crippen LogP contribution in [0.1, 0.15) is 84.4 Å². The topological polar surface area (TPSA) is 66.6 Å². The van der Waals surface area contributed by atoms with E-state index in [1.54, 1.807) is 0 Å². The van der Waals surface area contributed by atoms with Gasteiger partial charge in [-0.25, -0.2) is 0 Å². The Balaban J connectivity index is 0.000000771. The molecule has 0 bridgehead atoms. The maximum atomic E-state index is 11.4. The van der Waals surface area contributed by atoms with Crippen LogP contribution in [0.15, 0.2) is 22.7 Å². The predicted molar refractivity (Wildman–Crippen MR) is 121 cm³/mol. The molecule has 1 aromatic heterocycles. The first-order valence-electron chi connectivity index (χ1n) is 11.2. The molecule has 0 spiro atoms. The van der Waals surface area contributed by atoms with Crippen LogP contribution in [0.4, 0.5) is 0 Å². The van der Waals surface area contributed by atoms with Crippen LogP contribution in [-0.2, 0) is 4.79 Å². The number of nitrogens with zero attached hydrogens (tertiary/aromatic N) is 2. The molecule has 164 valence electrons. The summed E-state index contributed by atoms with van der Waals surface area (Å²) in [5, 5.41) is 14.7. The van der Waals surface area contributed by atoms with Crippen LogP contribution >= 0.6 is 0 Å². The van der Waals surface area contributed by atoms with Gasteiger partial charge in [-0.3, -0.25) is 4.79 Å². The highest BCUT2D eigenvalue weighted by molar-refractivity contribution is 5.80. The van der Waals surface area contributed by atoms with E-state index in [-0.39, 0.29) is 5.92 Å². The lowest BCUT2D eigenvalue weighted by atomic mass is 9.99. The number of carboxylic acids is 1. The largest absolute Gasteiger partial charge is 0.481 e. The summed E-state index contributed by atoms with van der Waals surface area (Å²) in [7, 11) is 0. The smallest absolute Gasteiger partial charge is 0.310 e. The minimum atomic E-state index is -0.646. The Kier molecular flexibility index (Phi) is 10.4. The first kappa shape index (κ1) is 25.2. The predicted octanol–water partition coefficient (Wildman–Crippen LogP) is 6.26. The molecule has 0 saturated heterocycles. The van der Waals surface area contributed by atoms with E-state index >= 15 is 0 Å². The van der Waals surface area contributed by atoms with Crippen LogP contribution in [0.5, 0.6) is 0 Å². The highest BCUT2D eigenvalue weighted by atomic mass is 16.5. The van der Waals surface area contributed by atoms with E-state index in [0.29, 0.717) is 6.54 Å². The summed E-state index contributed by atoms with van der Waals surface area (Å²) < 4.78 is 5.44. The third kappa shape index (κ3) is 6.84. The standard InChI is InChI=1S/C19H26N2O3.C3H8.C2H6/c1-4-21(12-19(8-9-19)18(22)23)10-7-14(3)17-15-11-13(2)5-6-16(15)24-20-17;1-3-2;1-2/h5-6,11,14H,4,7-10,12H2,1-3H3,(H,22,23);3H2,1-2H3;1-2H3. The number of carboxylic acid groups (broad SMARTS) is 1. The van der Waals surface area contributed by atoms with Crippen molar-refractivity contribution in [2.45, 2.75) is 80.1 Å². The number of hydrogen-bond donors (Lipinski definition) is 1. The van der Waals surface area contributed by atoms with E-state index in [1.807, 2.05) is 26.0 Å². The van der Waals surface area contributed by atoms with Gasteiger partial charge in [-0.15, -0.1) is 0 Å². The lowest BCUT2D eigenvalue weighted by Gasteiger charge is -2.25. The summed E-state index contributed by atoms with van der Waals surface area (Å²) in [6, 6.07) is 6.12. The molecule has 5 heteroatoms. The maximum absolute atomic E-state index is 11.4. The van der Waals surface area contributed by atoms with Crippen molar-refractivity contribution in [2.75, 3.05) is 19.6 Å². The van der Waals surface area contributed by atoms with E-state index in [1.165, 1.54) is 12.0 Å². The summed E-state index contributed by atoms with van der Waals surface area (Å²) in [4.78, 5) is 13.6. The molecule has 1 N–H and O–H groups in total. The summed E-state index contributed by atoms with van der Waals surface area (Å²) in [6.45, 7) is 17.0. The minimum Gasteiger partial charge on any atom is -0.481 e. The van der Waals surface area contributed by atoms with Crippen LogP contribution in [0, 0.1) is 12.3 Å². The molecule has 1 aliphatic rings. The van der Waals surface area contributed by atoms with Crippen molar-refractivity contribution in [2.24, 2.45) is 5.41 Å². The second-order valence-corrected chi connectivity index (χ2v) is 7.92. The van der Waals surface area contributed by atoms with E-state index < -0.39 is 11.4 Å². The fourth-order valence-corrected chi connectivity index (χ4v) is 3.31. The molecule has 1 atom stereocenters. The molecule has 1 saturated carbocycles. The summed E-state index contributed by atoms with van der Waals surface area (Å²) >= 11 is 0. The third-order valence-corrected chi connectivity index (χ3v) is 5.28. The molecule has 1 unspecified atom stereocenters. The Hall–Kier alpha value is -1.88. The van der Waals surface area contributed by atoms with E-state index in [9.17, 15) is 9.90 Å². The van der Waals surface area contributed by atoms with Crippen molar-refractivity contribution in [3.05, 3.63) is 29.5 Å². The Morgan fingerprint density at radius 2 is 1.90 bits per heavy atom. The van der Waals surface area contributed by atoms with Crippen molar-refractivity contribution in [3.63, 3.8) is 0 Å². The normalized spacial score (nSPS) is 15.2. The van der Waals surface area contributed by atoms with E-state index in [0.717, 1.165) is 49.0 Å². The quantitative estimate of drug-likeness (QED) is 0.562. The Bertz CT molecular complexity index is 750. The second kappa shape index (κ2) is 12.0. The van der Waals surface area contributed by atoms with Crippen LogP contribution in [0.25, 0.3) is 11.0 Å². The van der Waals surface area contributed by atoms with Gasteiger partial charge in [0, 0.05) is 17.8 Å². The van der Waals surface area contributed by atoms with Crippen molar-refractivity contribution in [3.8, 4) is 0 Å². The molecule has 3 rings (SSSR count). The number of benzene rings is 1. The Morgan fingerprint density at radius 1 is 1.28 bits per heavy atom. The Morgan fingerprint density at radius 3 is 2.41 bits per heavy atom. The monoisotopic (exact) mass is 404 g/mol. The first-order chi connectivity index (χ1) is 13.9. The molecule has 0 amide bonds. The molecule has 0 aliphatic heterocycles. The number of hydrogen-bond acceptors (Lipinski definition) is 4.